The summed E-state index contributed by atoms with van der Waals surface area (Å²) >= 11 is 9.33. The Morgan fingerprint density at radius 3 is 2.72 bits per heavy atom. The first kappa shape index (κ1) is 20.1. The molecule has 4 rings (SSSR count). The molecule has 150 valence electrons. The van der Waals surface area contributed by atoms with Crippen LogP contribution in [0, 0.1) is 5.92 Å². The van der Waals surface area contributed by atoms with Gasteiger partial charge >= 0.3 is 0 Å². The van der Waals surface area contributed by atoms with Crippen molar-refractivity contribution in [2.24, 2.45) is 5.92 Å². The van der Waals surface area contributed by atoms with Crippen LogP contribution in [-0.2, 0) is 11.3 Å². The molecule has 1 aromatic heterocycles. The van der Waals surface area contributed by atoms with Crippen LogP contribution in [0.1, 0.15) is 18.7 Å². The highest BCUT2D eigenvalue weighted by Gasteiger charge is 2.27. The molecule has 1 aliphatic rings. The molecule has 2 aromatic carbocycles. The molecule has 0 radical (unpaired) electrons. The van der Waals surface area contributed by atoms with Gasteiger partial charge in [-0.2, -0.15) is 4.98 Å². The third-order valence-electron chi connectivity index (χ3n) is 4.92. The fourth-order valence-electron chi connectivity index (χ4n) is 3.42. The summed E-state index contributed by atoms with van der Waals surface area (Å²) in [5, 5.41) is 7.73. The van der Waals surface area contributed by atoms with E-state index < -0.39 is 0 Å². The molecular formula is C21H20BrClN4O2. The second kappa shape index (κ2) is 9.07. The molecule has 3 aromatic rings. The van der Waals surface area contributed by atoms with Gasteiger partial charge in [-0.05, 0) is 67.9 Å². The van der Waals surface area contributed by atoms with Gasteiger partial charge in [0.2, 0.25) is 17.6 Å². The molecule has 8 heteroatoms. The van der Waals surface area contributed by atoms with Crippen molar-refractivity contribution in [3.8, 4) is 11.4 Å². The van der Waals surface area contributed by atoms with E-state index >= 15 is 0 Å². The van der Waals surface area contributed by atoms with E-state index in [4.69, 9.17) is 16.1 Å². The largest absolute Gasteiger partial charge is 0.338 e. The quantitative estimate of drug-likeness (QED) is 0.562. The SMILES string of the molecule is O=C(Nc1ccc(Br)cc1)C1CCCN(Cc2nc(-c3ccc(Cl)cc3)no2)C1. The second-order valence-corrected chi connectivity index (χ2v) is 8.44. The fourth-order valence-corrected chi connectivity index (χ4v) is 3.81. The van der Waals surface area contributed by atoms with Gasteiger partial charge in [-0.15, -0.1) is 0 Å². The van der Waals surface area contributed by atoms with E-state index in [1.165, 1.54) is 0 Å². The molecule has 1 atom stereocenters. The van der Waals surface area contributed by atoms with Crippen LogP contribution in [0.5, 0.6) is 0 Å². The summed E-state index contributed by atoms with van der Waals surface area (Å²) in [6.07, 6.45) is 1.83. The maximum Gasteiger partial charge on any atom is 0.241 e. The van der Waals surface area contributed by atoms with Crippen LogP contribution >= 0.6 is 27.5 Å². The monoisotopic (exact) mass is 474 g/mol. The van der Waals surface area contributed by atoms with Crippen molar-refractivity contribution in [1.82, 2.24) is 15.0 Å². The molecule has 1 unspecified atom stereocenters. The Kier molecular flexibility index (Phi) is 6.28. The van der Waals surface area contributed by atoms with Crippen molar-refractivity contribution in [2.75, 3.05) is 18.4 Å². The molecule has 2 heterocycles. The van der Waals surface area contributed by atoms with Crippen molar-refractivity contribution in [2.45, 2.75) is 19.4 Å². The molecule has 29 heavy (non-hydrogen) atoms. The lowest BCUT2D eigenvalue weighted by Gasteiger charge is -2.30. The highest BCUT2D eigenvalue weighted by atomic mass is 79.9. The average Bonchev–Trinajstić information content (AvgIpc) is 3.19. The van der Waals surface area contributed by atoms with Crippen molar-refractivity contribution in [1.29, 1.82) is 0 Å². The lowest BCUT2D eigenvalue weighted by Crippen LogP contribution is -2.40. The number of amides is 1. The van der Waals surface area contributed by atoms with Gasteiger partial charge in [0.15, 0.2) is 0 Å². The third kappa shape index (κ3) is 5.23. The number of rotatable bonds is 5. The standard InChI is InChI=1S/C21H20BrClN4O2/c22-16-5-9-18(10-6-16)24-21(28)15-2-1-11-27(12-15)13-19-25-20(26-29-19)14-3-7-17(23)8-4-14/h3-10,15H,1-2,11-13H2,(H,24,28). The summed E-state index contributed by atoms with van der Waals surface area (Å²) in [6, 6.07) is 14.9. The first-order valence-electron chi connectivity index (χ1n) is 9.44. The summed E-state index contributed by atoms with van der Waals surface area (Å²) in [5.74, 6) is 1.07. The summed E-state index contributed by atoms with van der Waals surface area (Å²) in [5.41, 5.74) is 1.66. The Hall–Kier alpha value is -2.22. The van der Waals surface area contributed by atoms with Crippen LogP contribution < -0.4 is 5.32 Å². The Morgan fingerprint density at radius 2 is 1.97 bits per heavy atom. The maximum absolute atomic E-state index is 12.7. The lowest BCUT2D eigenvalue weighted by atomic mass is 9.97. The lowest BCUT2D eigenvalue weighted by molar-refractivity contribution is -0.121. The number of likely N-dealkylation sites (tertiary alicyclic amines) is 1. The van der Waals surface area contributed by atoms with E-state index in [1.54, 1.807) is 12.1 Å². The fraction of sp³-hybridized carbons (Fsp3) is 0.286. The Labute approximate surface area is 182 Å². The molecule has 1 aliphatic heterocycles. The molecule has 1 saturated heterocycles. The highest BCUT2D eigenvalue weighted by molar-refractivity contribution is 9.10. The number of carbonyl (C=O) groups excluding carboxylic acids is 1. The van der Waals surface area contributed by atoms with Gasteiger partial charge < -0.3 is 9.84 Å². The number of piperidine rings is 1. The van der Waals surface area contributed by atoms with Crippen molar-refractivity contribution in [3.05, 3.63) is 63.9 Å². The second-order valence-electron chi connectivity index (χ2n) is 7.09. The Bertz CT molecular complexity index is 975. The smallest absolute Gasteiger partial charge is 0.241 e. The van der Waals surface area contributed by atoms with Gasteiger partial charge in [-0.3, -0.25) is 9.69 Å². The van der Waals surface area contributed by atoms with Crippen molar-refractivity contribution < 1.29 is 9.32 Å². The van der Waals surface area contributed by atoms with Gasteiger partial charge in [0.1, 0.15) is 0 Å². The van der Waals surface area contributed by atoms with Crippen LogP contribution in [0.4, 0.5) is 5.69 Å². The summed E-state index contributed by atoms with van der Waals surface area (Å²) in [4.78, 5) is 19.3. The highest BCUT2D eigenvalue weighted by Crippen LogP contribution is 2.23. The number of carbonyl (C=O) groups is 1. The normalized spacial score (nSPS) is 17.2. The van der Waals surface area contributed by atoms with E-state index in [1.807, 2.05) is 36.4 Å². The van der Waals surface area contributed by atoms with Gasteiger partial charge in [-0.1, -0.05) is 32.7 Å². The average molecular weight is 476 g/mol. The van der Waals surface area contributed by atoms with Crippen LogP contribution in [0.2, 0.25) is 5.02 Å². The summed E-state index contributed by atoms with van der Waals surface area (Å²) in [6.45, 7) is 2.10. The van der Waals surface area contributed by atoms with Gasteiger partial charge in [0.25, 0.3) is 0 Å². The van der Waals surface area contributed by atoms with Crippen molar-refractivity contribution >= 4 is 39.1 Å². The van der Waals surface area contributed by atoms with Crippen molar-refractivity contribution in [3.63, 3.8) is 0 Å². The minimum Gasteiger partial charge on any atom is -0.338 e. The topological polar surface area (TPSA) is 71.3 Å². The number of halogens is 2. The van der Waals surface area contributed by atoms with E-state index in [9.17, 15) is 4.79 Å². The predicted octanol–water partition coefficient (Wildman–Crippen LogP) is 5.00. The van der Waals surface area contributed by atoms with Gasteiger partial charge in [0, 0.05) is 27.3 Å². The molecule has 0 spiro atoms. The van der Waals surface area contributed by atoms with E-state index in [0.29, 0.717) is 29.8 Å². The number of aromatic nitrogens is 2. The number of hydrogen-bond acceptors (Lipinski definition) is 5. The molecular weight excluding hydrogens is 456 g/mol. The number of anilines is 1. The van der Waals surface area contributed by atoms with Crippen LogP contribution in [-0.4, -0.2) is 34.0 Å². The number of nitrogens with zero attached hydrogens (tertiary/aromatic N) is 3. The predicted molar refractivity (Wildman–Crippen MR) is 116 cm³/mol. The van der Waals surface area contributed by atoms with E-state index in [2.05, 4.69) is 36.3 Å². The van der Waals surface area contributed by atoms with Crippen LogP contribution in [0.3, 0.4) is 0 Å². The molecule has 0 bridgehead atoms. The molecule has 6 nitrogen and oxygen atoms in total. The van der Waals surface area contributed by atoms with Crippen LogP contribution in [0.25, 0.3) is 11.4 Å². The first-order valence-corrected chi connectivity index (χ1v) is 10.6. The maximum atomic E-state index is 12.7. The summed E-state index contributed by atoms with van der Waals surface area (Å²) < 4.78 is 6.40. The Balaban J connectivity index is 1.35. The zero-order valence-corrected chi connectivity index (χ0v) is 18.0. The molecule has 1 fully saturated rings. The molecule has 0 saturated carbocycles. The first-order chi connectivity index (χ1) is 14.1. The molecule has 1 amide bonds. The number of nitrogens with one attached hydrogen (secondary N) is 1. The zero-order chi connectivity index (χ0) is 20.2. The molecule has 1 N–H and O–H groups in total. The van der Waals surface area contributed by atoms with Crippen LogP contribution in [0.15, 0.2) is 57.5 Å². The third-order valence-corrected chi connectivity index (χ3v) is 5.70. The summed E-state index contributed by atoms with van der Waals surface area (Å²) in [7, 11) is 0. The van der Waals surface area contributed by atoms with E-state index in [-0.39, 0.29) is 11.8 Å². The van der Waals surface area contributed by atoms with E-state index in [0.717, 1.165) is 35.1 Å². The zero-order valence-electron chi connectivity index (χ0n) is 15.6. The molecule has 0 aliphatic carbocycles. The number of hydrogen-bond donors (Lipinski definition) is 1. The minimum atomic E-state index is -0.0638. The van der Waals surface area contributed by atoms with Gasteiger partial charge in [-0.25, -0.2) is 0 Å². The Morgan fingerprint density at radius 1 is 1.21 bits per heavy atom. The minimum absolute atomic E-state index is 0.0457. The van der Waals surface area contributed by atoms with Gasteiger partial charge in [0.05, 0.1) is 12.5 Å². The number of benzene rings is 2.